The Morgan fingerprint density at radius 1 is 1.67 bits per heavy atom. The molecule has 0 radical (unpaired) electrons. The van der Waals surface area contributed by atoms with Crippen molar-refractivity contribution in [2.45, 2.75) is 26.4 Å². The number of nitrogens with zero attached hydrogens (tertiary/aromatic N) is 1. The largest absolute Gasteiger partial charge is 0.370 e. The topological polar surface area (TPSA) is 59.6 Å². The van der Waals surface area contributed by atoms with Gasteiger partial charge in [-0.2, -0.15) is 0 Å². The van der Waals surface area contributed by atoms with Crippen molar-refractivity contribution in [1.82, 2.24) is 5.32 Å². The zero-order valence-corrected chi connectivity index (χ0v) is 7.72. The SMILES string of the molecule is CC1=CC(C(C)(C)ON)=NCN1. The summed E-state index contributed by atoms with van der Waals surface area (Å²) in [6.07, 6.45) is 1.94. The molecule has 4 nitrogen and oxygen atoms in total. The average molecular weight is 169 g/mol. The lowest BCUT2D eigenvalue weighted by Crippen LogP contribution is -2.39. The predicted molar refractivity (Wildman–Crippen MR) is 48.5 cm³/mol. The van der Waals surface area contributed by atoms with Crippen LogP contribution in [0, 0.1) is 0 Å². The summed E-state index contributed by atoms with van der Waals surface area (Å²) in [7, 11) is 0. The van der Waals surface area contributed by atoms with Gasteiger partial charge in [0.1, 0.15) is 12.3 Å². The van der Waals surface area contributed by atoms with E-state index in [0.29, 0.717) is 6.67 Å². The van der Waals surface area contributed by atoms with E-state index in [1.165, 1.54) is 0 Å². The Kier molecular flexibility index (Phi) is 2.49. The molecule has 0 aromatic carbocycles. The van der Waals surface area contributed by atoms with E-state index in [0.717, 1.165) is 11.4 Å². The monoisotopic (exact) mass is 169 g/mol. The Hall–Kier alpha value is -0.870. The maximum absolute atomic E-state index is 5.15. The summed E-state index contributed by atoms with van der Waals surface area (Å²) >= 11 is 0. The van der Waals surface area contributed by atoms with Gasteiger partial charge in [0.2, 0.25) is 0 Å². The zero-order chi connectivity index (χ0) is 9.19. The molecule has 0 atom stereocenters. The molecule has 1 rings (SSSR count). The first-order valence-corrected chi connectivity index (χ1v) is 3.91. The molecule has 0 aromatic rings. The Morgan fingerprint density at radius 2 is 2.33 bits per heavy atom. The molecule has 0 aromatic heterocycles. The van der Waals surface area contributed by atoms with Gasteiger partial charge in [0.25, 0.3) is 0 Å². The molecule has 0 fully saturated rings. The number of hydrogen-bond acceptors (Lipinski definition) is 4. The smallest absolute Gasteiger partial charge is 0.125 e. The van der Waals surface area contributed by atoms with E-state index < -0.39 is 5.60 Å². The third-order valence-electron chi connectivity index (χ3n) is 1.87. The van der Waals surface area contributed by atoms with E-state index in [9.17, 15) is 0 Å². The molecule has 0 saturated carbocycles. The van der Waals surface area contributed by atoms with Gasteiger partial charge in [-0.1, -0.05) is 0 Å². The van der Waals surface area contributed by atoms with Gasteiger partial charge in [0.15, 0.2) is 0 Å². The summed E-state index contributed by atoms with van der Waals surface area (Å²) in [5.41, 5.74) is 1.47. The van der Waals surface area contributed by atoms with Crippen LogP contribution in [-0.2, 0) is 4.84 Å². The lowest BCUT2D eigenvalue weighted by Gasteiger charge is -2.25. The van der Waals surface area contributed by atoms with E-state index in [1.807, 2.05) is 26.8 Å². The van der Waals surface area contributed by atoms with E-state index in [4.69, 9.17) is 10.7 Å². The van der Waals surface area contributed by atoms with E-state index >= 15 is 0 Å². The molecule has 3 N–H and O–H groups in total. The van der Waals surface area contributed by atoms with Gasteiger partial charge in [-0.25, -0.2) is 5.90 Å². The molecule has 4 heteroatoms. The molecule has 0 bridgehead atoms. The first-order valence-electron chi connectivity index (χ1n) is 3.91. The second kappa shape index (κ2) is 3.25. The van der Waals surface area contributed by atoms with Crippen LogP contribution in [0.25, 0.3) is 0 Å². The average Bonchev–Trinajstić information content (AvgIpc) is 2.05. The van der Waals surface area contributed by atoms with Gasteiger partial charge >= 0.3 is 0 Å². The maximum atomic E-state index is 5.15. The highest BCUT2D eigenvalue weighted by molar-refractivity contribution is 6.02. The number of rotatable bonds is 2. The number of nitrogens with two attached hydrogens (primary N) is 1. The van der Waals surface area contributed by atoms with Crippen LogP contribution in [0.15, 0.2) is 16.8 Å². The molecule has 68 valence electrons. The van der Waals surface area contributed by atoms with Gasteiger partial charge in [-0.05, 0) is 26.8 Å². The second-order valence-corrected chi connectivity index (χ2v) is 3.33. The van der Waals surface area contributed by atoms with E-state index in [-0.39, 0.29) is 0 Å². The van der Waals surface area contributed by atoms with Gasteiger partial charge < -0.3 is 5.32 Å². The molecule has 0 unspecified atom stereocenters. The van der Waals surface area contributed by atoms with Crippen molar-refractivity contribution in [1.29, 1.82) is 0 Å². The minimum absolute atomic E-state index is 0.497. The van der Waals surface area contributed by atoms with Crippen molar-refractivity contribution in [3.63, 3.8) is 0 Å². The summed E-state index contributed by atoms with van der Waals surface area (Å²) in [6, 6.07) is 0. The van der Waals surface area contributed by atoms with Crippen molar-refractivity contribution < 1.29 is 4.84 Å². The fourth-order valence-electron chi connectivity index (χ4n) is 0.976. The summed E-state index contributed by atoms with van der Waals surface area (Å²) in [5, 5.41) is 3.09. The summed E-state index contributed by atoms with van der Waals surface area (Å²) < 4.78 is 0. The highest BCUT2D eigenvalue weighted by atomic mass is 16.6. The summed E-state index contributed by atoms with van der Waals surface area (Å²) in [6.45, 7) is 6.37. The Labute approximate surface area is 72.5 Å². The van der Waals surface area contributed by atoms with Crippen molar-refractivity contribution in [3.05, 3.63) is 11.8 Å². The lowest BCUT2D eigenvalue weighted by atomic mass is 10.0. The minimum Gasteiger partial charge on any atom is -0.370 e. The van der Waals surface area contributed by atoms with Crippen molar-refractivity contribution in [2.24, 2.45) is 10.9 Å². The Morgan fingerprint density at radius 3 is 2.83 bits per heavy atom. The first-order chi connectivity index (χ1) is 5.56. The molecule has 1 aliphatic heterocycles. The van der Waals surface area contributed by atoms with Gasteiger partial charge in [-0.15, -0.1) is 0 Å². The molecule has 0 saturated heterocycles. The third kappa shape index (κ3) is 1.84. The molecular formula is C8H15N3O. The fourth-order valence-corrected chi connectivity index (χ4v) is 0.976. The first kappa shape index (κ1) is 9.22. The fraction of sp³-hybridized carbons (Fsp3) is 0.625. The number of aliphatic imine (C=N–C) groups is 1. The van der Waals surface area contributed by atoms with Crippen LogP contribution in [0.3, 0.4) is 0 Å². The van der Waals surface area contributed by atoms with Crippen LogP contribution in [0.5, 0.6) is 0 Å². The molecule has 0 aliphatic carbocycles. The molecule has 0 spiro atoms. The molecule has 1 aliphatic rings. The summed E-state index contributed by atoms with van der Waals surface area (Å²) in [4.78, 5) is 9.07. The zero-order valence-electron chi connectivity index (χ0n) is 7.72. The highest BCUT2D eigenvalue weighted by Crippen LogP contribution is 2.13. The van der Waals surface area contributed by atoms with Crippen molar-refractivity contribution >= 4 is 5.71 Å². The van der Waals surface area contributed by atoms with Gasteiger partial charge in [0, 0.05) is 5.70 Å². The van der Waals surface area contributed by atoms with Crippen LogP contribution in [0.2, 0.25) is 0 Å². The summed E-state index contributed by atoms with van der Waals surface area (Å²) in [5.74, 6) is 5.15. The minimum atomic E-state index is -0.497. The second-order valence-electron chi connectivity index (χ2n) is 3.33. The van der Waals surface area contributed by atoms with E-state index in [1.54, 1.807) is 0 Å². The third-order valence-corrected chi connectivity index (χ3v) is 1.87. The molecule has 12 heavy (non-hydrogen) atoms. The number of hydrogen-bond donors (Lipinski definition) is 2. The molecular weight excluding hydrogens is 154 g/mol. The predicted octanol–water partition coefficient (Wildman–Crippen LogP) is 0.561. The van der Waals surface area contributed by atoms with Crippen LogP contribution >= 0.6 is 0 Å². The van der Waals surface area contributed by atoms with Crippen molar-refractivity contribution in [2.75, 3.05) is 6.67 Å². The van der Waals surface area contributed by atoms with E-state index in [2.05, 4.69) is 10.3 Å². The maximum Gasteiger partial charge on any atom is 0.125 e. The normalized spacial score (nSPS) is 18.0. The number of allylic oxidation sites excluding steroid dienone is 1. The number of nitrogens with one attached hydrogen (secondary N) is 1. The van der Waals surface area contributed by atoms with Crippen LogP contribution < -0.4 is 11.2 Å². The quantitative estimate of drug-likeness (QED) is 0.594. The highest BCUT2D eigenvalue weighted by Gasteiger charge is 2.24. The van der Waals surface area contributed by atoms with Crippen LogP contribution in [0.1, 0.15) is 20.8 Å². The molecule has 1 heterocycles. The van der Waals surface area contributed by atoms with Crippen molar-refractivity contribution in [3.8, 4) is 0 Å². The van der Waals surface area contributed by atoms with Gasteiger partial charge in [-0.3, -0.25) is 9.83 Å². The van der Waals surface area contributed by atoms with Crippen LogP contribution in [0.4, 0.5) is 0 Å². The Bertz CT molecular complexity index is 230. The standard InChI is InChI=1S/C8H15N3O/c1-6-4-7(11-5-10-6)8(2,3)12-9/h4,10H,5,9H2,1-3H3. The van der Waals surface area contributed by atoms with Crippen LogP contribution in [-0.4, -0.2) is 18.0 Å². The van der Waals surface area contributed by atoms with Gasteiger partial charge in [0.05, 0.1) is 5.71 Å². The molecule has 0 amide bonds. The lowest BCUT2D eigenvalue weighted by molar-refractivity contribution is 0.0346. The Balaban J connectivity index is 2.82.